The molecule has 1 aromatic rings. The number of hydrogen-bond donors (Lipinski definition) is 1. The number of aliphatic hydroxyl groups excluding tert-OH is 1. The summed E-state index contributed by atoms with van der Waals surface area (Å²) in [6.45, 7) is 1.60. The highest BCUT2D eigenvalue weighted by atomic mass is 32.1. The molecule has 0 aromatic carbocycles. The van der Waals surface area contributed by atoms with Gasteiger partial charge in [-0.1, -0.05) is 25.7 Å². The van der Waals surface area contributed by atoms with E-state index in [1.807, 2.05) is 5.51 Å². The summed E-state index contributed by atoms with van der Waals surface area (Å²) in [7, 11) is 2.05. The lowest BCUT2D eigenvalue weighted by atomic mass is 10.00. The van der Waals surface area contributed by atoms with Crippen molar-refractivity contribution in [1.82, 2.24) is 9.88 Å². The molecule has 17 heavy (non-hydrogen) atoms. The summed E-state index contributed by atoms with van der Waals surface area (Å²) in [6, 6.07) is 0. The number of thiazole rings is 1. The smallest absolute Gasteiger partial charge is 0.0795 e. The van der Waals surface area contributed by atoms with Gasteiger partial charge in [0.1, 0.15) is 0 Å². The van der Waals surface area contributed by atoms with Gasteiger partial charge in [-0.2, -0.15) is 0 Å². The van der Waals surface area contributed by atoms with Gasteiger partial charge in [0, 0.05) is 18.5 Å². The Balaban J connectivity index is 1.68. The molecule has 1 fully saturated rings. The van der Waals surface area contributed by atoms with Crippen LogP contribution in [-0.4, -0.2) is 34.7 Å². The Labute approximate surface area is 107 Å². The average Bonchev–Trinajstić information content (AvgIpc) is 2.90. The zero-order valence-corrected chi connectivity index (χ0v) is 11.3. The standard InChI is InChI=1S/C13H22N2OS/c1-15(7-12-9-17-10-14-12)8-13(16)6-11-4-2-3-5-11/h9-11,13,16H,2-8H2,1H3. The number of aliphatic hydroxyl groups is 1. The Morgan fingerprint density at radius 1 is 1.53 bits per heavy atom. The Morgan fingerprint density at radius 2 is 2.29 bits per heavy atom. The number of aromatic nitrogens is 1. The number of rotatable bonds is 6. The summed E-state index contributed by atoms with van der Waals surface area (Å²) in [5.74, 6) is 0.762. The molecule has 0 amide bonds. The van der Waals surface area contributed by atoms with Gasteiger partial charge in [0.2, 0.25) is 0 Å². The fourth-order valence-electron chi connectivity index (χ4n) is 2.72. The second-order valence-corrected chi connectivity index (χ2v) is 5.94. The van der Waals surface area contributed by atoms with Crippen molar-refractivity contribution in [2.45, 2.75) is 44.8 Å². The molecule has 0 radical (unpaired) electrons. The van der Waals surface area contributed by atoms with Crippen LogP contribution in [0.5, 0.6) is 0 Å². The minimum atomic E-state index is -0.179. The minimum absolute atomic E-state index is 0.179. The van der Waals surface area contributed by atoms with Crippen LogP contribution in [0.2, 0.25) is 0 Å². The van der Waals surface area contributed by atoms with Crippen molar-refractivity contribution in [1.29, 1.82) is 0 Å². The molecule has 1 N–H and O–H groups in total. The number of hydrogen-bond acceptors (Lipinski definition) is 4. The molecule has 96 valence electrons. The summed E-state index contributed by atoms with van der Waals surface area (Å²) in [6.07, 6.45) is 6.13. The normalized spacial score (nSPS) is 19.0. The predicted octanol–water partition coefficient (Wildman–Crippen LogP) is 2.52. The van der Waals surface area contributed by atoms with Gasteiger partial charge in [-0.3, -0.25) is 4.90 Å². The molecule has 1 aliphatic carbocycles. The fraction of sp³-hybridized carbons (Fsp3) is 0.769. The summed E-state index contributed by atoms with van der Waals surface area (Å²) in [5, 5.41) is 12.1. The lowest BCUT2D eigenvalue weighted by molar-refractivity contribution is 0.0990. The van der Waals surface area contributed by atoms with E-state index in [1.54, 1.807) is 11.3 Å². The van der Waals surface area contributed by atoms with E-state index in [-0.39, 0.29) is 6.10 Å². The maximum Gasteiger partial charge on any atom is 0.0795 e. The lowest BCUT2D eigenvalue weighted by Gasteiger charge is -2.21. The van der Waals surface area contributed by atoms with Crippen LogP contribution >= 0.6 is 11.3 Å². The van der Waals surface area contributed by atoms with Gasteiger partial charge in [0.25, 0.3) is 0 Å². The second-order valence-electron chi connectivity index (χ2n) is 5.22. The van der Waals surface area contributed by atoms with Crippen LogP contribution in [0.4, 0.5) is 0 Å². The third kappa shape index (κ3) is 4.37. The first-order valence-electron chi connectivity index (χ1n) is 6.47. The van der Waals surface area contributed by atoms with Crippen molar-refractivity contribution in [3.63, 3.8) is 0 Å². The molecule has 0 aliphatic heterocycles. The average molecular weight is 254 g/mol. The minimum Gasteiger partial charge on any atom is -0.392 e. The van der Waals surface area contributed by atoms with E-state index in [4.69, 9.17) is 0 Å². The zero-order chi connectivity index (χ0) is 12.1. The summed E-state index contributed by atoms with van der Waals surface area (Å²) < 4.78 is 0. The van der Waals surface area contributed by atoms with Gasteiger partial charge < -0.3 is 5.11 Å². The van der Waals surface area contributed by atoms with Crippen molar-refractivity contribution in [3.8, 4) is 0 Å². The highest BCUT2D eigenvalue weighted by Gasteiger charge is 2.19. The van der Waals surface area contributed by atoms with Crippen LogP contribution in [0.1, 0.15) is 37.8 Å². The predicted molar refractivity (Wildman–Crippen MR) is 71.0 cm³/mol. The molecule has 1 aromatic heterocycles. The van der Waals surface area contributed by atoms with Gasteiger partial charge in [0.15, 0.2) is 0 Å². The van der Waals surface area contributed by atoms with E-state index < -0.39 is 0 Å². The van der Waals surface area contributed by atoms with E-state index in [9.17, 15) is 5.11 Å². The Hall–Kier alpha value is -0.450. The van der Waals surface area contributed by atoms with Crippen LogP contribution in [0.25, 0.3) is 0 Å². The summed E-state index contributed by atoms with van der Waals surface area (Å²) in [5.41, 5.74) is 2.96. The van der Waals surface area contributed by atoms with Crippen LogP contribution in [0.3, 0.4) is 0 Å². The molecule has 1 unspecified atom stereocenters. The largest absolute Gasteiger partial charge is 0.392 e. The van der Waals surface area contributed by atoms with Crippen LogP contribution < -0.4 is 0 Å². The van der Waals surface area contributed by atoms with E-state index in [2.05, 4.69) is 22.3 Å². The fourth-order valence-corrected chi connectivity index (χ4v) is 3.27. The van der Waals surface area contributed by atoms with E-state index in [0.29, 0.717) is 0 Å². The van der Waals surface area contributed by atoms with Crippen LogP contribution in [0, 0.1) is 5.92 Å². The molecule has 1 atom stereocenters. The van der Waals surface area contributed by atoms with Crippen molar-refractivity contribution in [2.75, 3.05) is 13.6 Å². The molecule has 0 spiro atoms. The van der Waals surface area contributed by atoms with Crippen molar-refractivity contribution < 1.29 is 5.11 Å². The SMILES string of the molecule is CN(Cc1cscn1)CC(O)CC1CCCC1. The number of nitrogens with zero attached hydrogens (tertiary/aromatic N) is 2. The molecular formula is C13H22N2OS. The van der Waals surface area contributed by atoms with Crippen LogP contribution in [-0.2, 0) is 6.54 Å². The van der Waals surface area contributed by atoms with E-state index >= 15 is 0 Å². The highest BCUT2D eigenvalue weighted by Crippen LogP contribution is 2.28. The maximum absolute atomic E-state index is 10.0. The number of likely N-dealkylation sites (N-methyl/N-ethyl adjacent to an activating group) is 1. The third-order valence-corrected chi connectivity index (χ3v) is 4.15. The molecule has 1 saturated carbocycles. The van der Waals surface area contributed by atoms with E-state index in [1.165, 1.54) is 25.7 Å². The summed E-state index contributed by atoms with van der Waals surface area (Å²) in [4.78, 5) is 6.42. The first-order valence-corrected chi connectivity index (χ1v) is 7.42. The highest BCUT2D eigenvalue weighted by molar-refractivity contribution is 7.07. The quantitative estimate of drug-likeness (QED) is 0.847. The molecule has 2 rings (SSSR count). The van der Waals surface area contributed by atoms with Crippen molar-refractivity contribution >= 4 is 11.3 Å². The zero-order valence-electron chi connectivity index (χ0n) is 10.5. The Morgan fingerprint density at radius 3 is 2.94 bits per heavy atom. The molecule has 1 heterocycles. The summed E-state index contributed by atoms with van der Waals surface area (Å²) >= 11 is 1.63. The molecule has 1 aliphatic rings. The van der Waals surface area contributed by atoms with Gasteiger partial charge in [-0.25, -0.2) is 4.98 Å². The Kier molecular flexibility index (Phi) is 4.95. The molecule has 0 bridgehead atoms. The second kappa shape index (κ2) is 6.47. The third-order valence-electron chi connectivity index (χ3n) is 3.52. The van der Waals surface area contributed by atoms with Gasteiger partial charge in [0.05, 0.1) is 17.3 Å². The monoisotopic (exact) mass is 254 g/mol. The van der Waals surface area contributed by atoms with Gasteiger partial charge in [-0.15, -0.1) is 11.3 Å². The van der Waals surface area contributed by atoms with E-state index in [0.717, 1.165) is 31.1 Å². The van der Waals surface area contributed by atoms with Gasteiger partial charge in [-0.05, 0) is 19.4 Å². The molecule has 4 heteroatoms. The maximum atomic E-state index is 10.0. The van der Waals surface area contributed by atoms with Crippen molar-refractivity contribution in [2.24, 2.45) is 5.92 Å². The van der Waals surface area contributed by atoms with Crippen LogP contribution in [0.15, 0.2) is 10.9 Å². The lowest BCUT2D eigenvalue weighted by Crippen LogP contribution is -2.30. The first-order chi connectivity index (χ1) is 8.24. The van der Waals surface area contributed by atoms with Crippen molar-refractivity contribution in [3.05, 3.63) is 16.6 Å². The molecule has 0 saturated heterocycles. The first kappa shape index (κ1) is 13.0. The van der Waals surface area contributed by atoms with Gasteiger partial charge >= 0.3 is 0 Å². The topological polar surface area (TPSA) is 36.4 Å². The molecule has 3 nitrogen and oxygen atoms in total. The Bertz CT molecular complexity index is 309. The molecular weight excluding hydrogens is 232 g/mol.